The summed E-state index contributed by atoms with van der Waals surface area (Å²) in [7, 11) is -3.74. The molecule has 1 N–H and O–H groups in total. The number of hydrogen-bond donors (Lipinski definition) is 1. The molecule has 0 aliphatic heterocycles. The molecular weight excluding hydrogens is 354 g/mol. The Morgan fingerprint density at radius 3 is 2.35 bits per heavy atom. The number of hydrogen-bond acceptors (Lipinski definition) is 4. The van der Waals surface area contributed by atoms with Gasteiger partial charge in [-0.25, -0.2) is 17.9 Å². The van der Waals surface area contributed by atoms with Crippen molar-refractivity contribution in [3.8, 4) is 0 Å². The fourth-order valence-corrected chi connectivity index (χ4v) is 5.20. The Balaban J connectivity index is 2.15. The van der Waals surface area contributed by atoms with Crippen LogP contribution in [0.15, 0.2) is 32.7 Å². The van der Waals surface area contributed by atoms with Crippen LogP contribution in [0.3, 0.4) is 0 Å². The smallest absolute Gasteiger partial charge is 0.293 e. The molecule has 1 heterocycles. The van der Waals surface area contributed by atoms with Gasteiger partial charge in [0.1, 0.15) is 0 Å². The minimum atomic E-state index is -3.74. The quantitative estimate of drug-likeness (QED) is 0.827. The fourth-order valence-electron chi connectivity index (χ4n) is 3.69. The molecule has 0 saturated heterocycles. The summed E-state index contributed by atoms with van der Waals surface area (Å²) in [4.78, 5) is 25.1. The van der Waals surface area contributed by atoms with Gasteiger partial charge in [0.15, 0.2) is 0 Å². The van der Waals surface area contributed by atoms with E-state index in [1.54, 1.807) is 13.0 Å². The average molecular weight is 379 g/mol. The molecule has 0 bridgehead atoms. The van der Waals surface area contributed by atoms with Crippen LogP contribution in [0.1, 0.15) is 40.5 Å². The maximum atomic E-state index is 12.8. The zero-order chi connectivity index (χ0) is 19.3. The second kappa shape index (κ2) is 6.35. The van der Waals surface area contributed by atoms with Crippen LogP contribution in [-0.2, 0) is 23.1 Å². The summed E-state index contributed by atoms with van der Waals surface area (Å²) in [5.74, 6) is 0.334. The first-order valence-corrected chi connectivity index (χ1v) is 10.5. The Morgan fingerprint density at radius 1 is 1.15 bits per heavy atom. The Bertz CT molecular complexity index is 1080. The summed E-state index contributed by atoms with van der Waals surface area (Å²) in [6.45, 7) is 8.11. The van der Waals surface area contributed by atoms with Crippen LogP contribution in [-0.4, -0.2) is 23.1 Å². The number of fused-ring (bicyclic) bond motifs is 1. The molecule has 3 rings (SSSR count). The van der Waals surface area contributed by atoms with E-state index in [1.807, 2.05) is 20.8 Å². The van der Waals surface area contributed by atoms with Crippen molar-refractivity contribution >= 4 is 20.9 Å². The van der Waals surface area contributed by atoms with Crippen molar-refractivity contribution in [3.05, 3.63) is 39.0 Å². The summed E-state index contributed by atoms with van der Waals surface area (Å²) in [6, 6.07) is 4.38. The van der Waals surface area contributed by atoms with Crippen LogP contribution in [0.25, 0.3) is 10.9 Å². The third-order valence-electron chi connectivity index (χ3n) is 5.41. The third-order valence-corrected chi connectivity index (χ3v) is 7.02. The predicted molar refractivity (Wildman–Crippen MR) is 101 cm³/mol. The maximum Gasteiger partial charge on any atom is 0.331 e. The highest BCUT2D eigenvalue weighted by atomic mass is 32.2. The van der Waals surface area contributed by atoms with Crippen molar-refractivity contribution in [3.63, 3.8) is 0 Å². The van der Waals surface area contributed by atoms with Gasteiger partial charge >= 0.3 is 5.69 Å². The lowest BCUT2D eigenvalue weighted by atomic mass is 10.2. The summed E-state index contributed by atoms with van der Waals surface area (Å²) >= 11 is 0. The van der Waals surface area contributed by atoms with Gasteiger partial charge in [0, 0.05) is 18.6 Å². The van der Waals surface area contributed by atoms with E-state index in [1.165, 1.54) is 16.7 Å². The first kappa shape index (κ1) is 18.8. The molecule has 1 aromatic carbocycles. The van der Waals surface area contributed by atoms with E-state index in [2.05, 4.69) is 4.72 Å². The van der Waals surface area contributed by atoms with E-state index < -0.39 is 21.1 Å². The standard InChI is InChI=1S/C18H25N3O4S/c1-5-12-11-18(12,4)19-26(24,25)13-8-9-15-14(10-13)16(22)21(7-3)17(23)20(15)6-2/h8-10,12,19H,5-7,11H2,1-4H3/t12-,18+/m0/s1. The number of aryl methyl sites for hydroxylation is 1. The summed E-state index contributed by atoms with van der Waals surface area (Å²) < 4.78 is 31.0. The van der Waals surface area contributed by atoms with Crippen LogP contribution in [0, 0.1) is 5.92 Å². The van der Waals surface area contributed by atoms with Gasteiger partial charge in [-0.3, -0.25) is 13.9 Å². The van der Waals surface area contributed by atoms with Crippen molar-refractivity contribution in [2.75, 3.05) is 0 Å². The number of nitrogens with one attached hydrogen (secondary N) is 1. The molecule has 0 radical (unpaired) electrons. The molecule has 142 valence electrons. The Morgan fingerprint density at radius 2 is 1.81 bits per heavy atom. The van der Waals surface area contributed by atoms with E-state index in [9.17, 15) is 18.0 Å². The van der Waals surface area contributed by atoms with Gasteiger partial charge in [0.05, 0.1) is 15.8 Å². The summed E-state index contributed by atoms with van der Waals surface area (Å²) in [5.41, 5.74) is -0.806. The molecular formula is C18H25N3O4S. The van der Waals surface area contributed by atoms with Crippen molar-refractivity contribution in [2.45, 2.75) is 64.1 Å². The highest BCUT2D eigenvalue weighted by Gasteiger charge is 2.51. The molecule has 7 nitrogen and oxygen atoms in total. The molecule has 0 spiro atoms. The van der Waals surface area contributed by atoms with Gasteiger partial charge in [-0.05, 0) is 51.3 Å². The Labute approximate surface area is 152 Å². The Kier molecular flexibility index (Phi) is 4.60. The zero-order valence-corrected chi connectivity index (χ0v) is 16.4. The molecule has 8 heteroatoms. The molecule has 2 aromatic rings. The first-order valence-electron chi connectivity index (χ1n) is 8.99. The summed E-state index contributed by atoms with van der Waals surface area (Å²) in [5, 5.41) is 0.240. The van der Waals surface area contributed by atoms with Gasteiger partial charge in [-0.1, -0.05) is 13.3 Å². The van der Waals surface area contributed by atoms with E-state index in [4.69, 9.17) is 0 Å². The highest BCUT2D eigenvalue weighted by molar-refractivity contribution is 7.89. The zero-order valence-electron chi connectivity index (χ0n) is 15.6. The monoisotopic (exact) mass is 379 g/mol. The molecule has 1 fully saturated rings. The lowest BCUT2D eigenvalue weighted by Gasteiger charge is -2.16. The fraction of sp³-hybridized carbons (Fsp3) is 0.556. The molecule has 0 amide bonds. The van der Waals surface area contributed by atoms with Gasteiger partial charge in [-0.15, -0.1) is 0 Å². The number of aromatic nitrogens is 2. The summed E-state index contributed by atoms with van der Waals surface area (Å²) in [6.07, 6.45) is 1.73. The normalized spacial score (nSPS) is 22.7. The molecule has 0 unspecified atom stereocenters. The number of nitrogens with zero attached hydrogens (tertiary/aromatic N) is 2. The maximum absolute atomic E-state index is 12.8. The number of benzene rings is 1. The minimum Gasteiger partial charge on any atom is -0.293 e. The van der Waals surface area contributed by atoms with Gasteiger partial charge in [0.25, 0.3) is 5.56 Å². The van der Waals surface area contributed by atoms with Crippen molar-refractivity contribution in [1.29, 1.82) is 0 Å². The molecule has 1 aromatic heterocycles. The lowest BCUT2D eigenvalue weighted by Crippen LogP contribution is -2.39. The van der Waals surface area contributed by atoms with E-state index in [0.717, 1.165) is 17.4 Å². The highest BCUT2D eigenvalue weighted by Crippen LogP contribution is 2.46. The number of sulfonamides is 1. The van der Waals surface area contributed by atoms with Crippen LogP contribution < -0.4 is 16.0 Å². The van der Waals surface area contributed by atoms with Gasteiger partial charge in [-0.2, -0.15) is 0 Å². The Hall–Kier alpha value is -1.93. The topological polar surface area (TPSA) is 90.2 Å². The lowest BCUT2D eigenvalue weighted by molar-refractivity contribution is 0.532. The predicted octanol–water partition coefficient (Wildman–Crippen LogP) is 1.67. The van der Waals surface area contributed by atoms with Crippen LogP contribution >= 0.6 is 0 Å². The van der Waals surface area contributed by atoms with E-state index in [0.29, 0.717) is 18.0 Å². The second-order valence-corrected chi connectivity index (χ2v) is 8.77. The first-order chi connectivity index (χ1) is 12.2. The minimum absolute atomic E-state index is 0.0500. The number of rotatable bonds is 6. The largest absolute Gasteiger partial charge is 0.331 e. The molecule has 1 saturated carbocycles. The van der Waals surface area contributed by atoms with Crippen LogP contribution in [0.2, 0.25) is 0 Å². The SMILES string of the molecule is CC[C@H]1C[C@@]1(C)NS(=O)(=O)c1ccc2c(c1)c(=O)n(CC)c(=O)n2CC. The van der Waals surface area contributed by atoms with Crippen molar-refractivity contribution < 1.29 is 8.42 Å². The van der Waals surface area contributed by atoms with Gasteiger partial charge < -0.3 is 0 Å². The van der Waals surface area contributed by atoms with Gasteiger partial charge in [0.2, 0.25) is 10.0 Å². The average Bonchev–Trinajstić information content (AvgIpc) is 3.24. The van der Waals surface area contributed by atoms with E-state index in [-0.39, 0.29) is 22.5 Å². The molecule has 1 aliphatic carbocycles. The van der Waals surface area contributed by atoms with Crippen LogP contribution in [0.5, 0.6) is 0 Å². The molecule has 2 atom stereocenters. The molecule has 26 heavy (non-hydrogen) atoms. The van der Waals surface area contributed by atoms with Crippen molar-refractivity contribution in [2.24, 2.45) is 5.92 Å². The third kappa shape index (κ3) is 2.91. The molecule has 1 aliphatic rings. The van der Waals surface area contributed by atoms with Crippen LogP contribution in [0.4, 0.5) is 0 Å². The van der Waals surface area contributed by atoms with E-state index >= 15 is 0 Å². The van der Waals surface area contributed by atoms with Crippen molar-refractivity contribution in [1.82, 2.24) is 13.9 Å². The second-order valence-electron chi connectivity index (χ2n) is 7.09.